The number of rotatable bonds is 6. The third-order valence-corrected chi connectivity index (χ3v) is 4.15. The predicted molar refractivity (Wildman–Crippen MR) is 132 cm³/mol. The van der Waals surface area contributed by atoms with Gasteiger partial charge in [0.25, 0.3) is 0 Å². The summed E-state index contributed by atoms with van der Waals surface area (Å²) >= 11 is 9.55. The summed E-state index contributed by atoms with van der Waals surface area (Å²) in [5.41, 5.74) is 6.12. The normalized spacial score (nSPS) is 11.1. The number of ether oxygens (including phenoxy) is 2. The minimum atomic E-state index is 0. The van der Waals surface area contributed by atoms with Crippen LogP contribution in [-0.4, -0.2) is 61.3 Å². The van der Waals surface area contributed by atoms with Crippen molar-refractivity contribution >= 4 is 48.0 Å². The number of hydrogen-bond donors (Lipinski definition) is 4. The van der Waals surface area contributed by atoms with Gasteiger partial charge in [-0.3, -0.25) is 20.8 Å². The standard InChI is InChI=1S/2C10H13N3O2S.2Ni/c2*1-11-10(16)13-12-6-7-5-8(15-2)3-4-9(7)14;;/h2*3-6,14H,1-2H3,(H2,11,13,16);;/p-2/b2*12-6+;;. The second-order valence-electron chi connectivity index (χ2n) is 5.65. The fourth-order valence-corrected chi connectivity index (χ4v) is 2.05. The van der Waals surface area contributed by atoms with Crippen molar-refractivity contribution in [3.63, 3.8) is 0 Å². The summed E-state index contributed by atoms with van der Waals surface area (Å²) < 4.78 is 10.0. The number of hydrazone groups is 2. The number of nitrogens with zero attached hydrogens (tertiary/aromatic N) is 4. The van der Waals surface area contributed by atoms with E-state index < -0.39 is 0 Å². The van der Waals surface area contributed by atoms with Gasteiger partial charge in [-0.15, -0.1) is 0 Å². The zero-order valence-corrected chi connectivity index (χ0v) is 22.2. The SMILES string of the molecule is CN=C([S-])N/N=C/c1cc(OC)ccc1O.CN=C([S-])N/N=C/c1cc(OC)ccc1O.[Ni].[Ni]. The second kappa shape index (κ2) is 18.7. The Morgan fingerprint density at radius 3 is 1.41 bits per heavy atom. The molecule has 0 aliphatic rings. The molecule has 0 aliphatic heterocycles. The zero-order valence-electron chi connectivity index (χ0n) is 18.6. The summed E-state index contributed by atoms with van der Waals surface area (Å²) in [7, 11) is 6.23. The molecule has 14 heteroatoms. The molecule has 0 fully saturated rings. The van der Waals surface area contributed by atoms with Crippen LogP contribution in [0.1, 0.15) is 11.1 Å². The van der Waals surface area contributed by atoms with Crippen LogP contribution in [-0.2, 0) is 58.2 Å². The second-order valence-corrected chi connectivity index (χ2v) is 6.42. The number of phenols is 2. The molecule has 0 aliphatic carbocycles. The first-order valence-corrected chi connectivity index (χ1v) is 9.76. The van der Waals surface area contributed by atoms with Gasteiger partial charge in [0.2, 0.25) is 0 Å². The van der Waals surface area contributed by atoms with Crippen molar-refractivity contribution in [2.45, 2.75) is 0 Å². The summed E-state index contributed by atoms with van der Waals surface area (Å²) in [6.45, 7) is 0. The van der Waals surface area contributed by atoms with E-state index >= 15 is 0 Å². The van der Waals surface area contributed by atoms with E-state index in [-0.39, 0.29) is 54.8 Å². The molecule has 192 valence electrons. The molecule has 0 unspecified atom stereocenters. The number of aliphatic imine (C=N–C) groups is 2. The van der Waals surface area contributed by atoms with Crippen LogP contribution in [0.2, 0.25) is 0 Å². The Morgan fingerprint density at radius 2 is 1.12 bits per heavy atom. The third kappa shape index (κ3) is 12.6. The van der Waals surface area contributed by atoms with Crippen LogP contribution in [0.25, 0.3) is 0 Å². The van der Waals surface area contributed by atoms with Gasteiger partial charge in [0, 0.05) is 58.2 Å². The fraction of sp³-hybridized carbons (Fsp3) is 0.200. The molecule has 0 spiro atoms. The Hall–Kier alpha value is -2.65. The smallest absolute Gasteiger partial charge is 0.124 e. The molecule has 0 bridgehead atoms. The summed E-state index contributed by atoms with van der Waals surface area (Å²) in [5.74, 6) is 1.51. The van der Waals surface area contributed by atoms with Gasteiger partial charge in [0.05, 0.1) is 26.6 Å². The number of aromatic hydroxyl groups is 2. The largest absolute Gasteiger partial charge is 0.741 e. The molecule has 2 rings (SSSR count). The van der Waals surface area contributed by atoms with Crippen LogP contribution < -0.4 is 20.3 Å². The van der Waals surface area contributed by atoms with Crippen LogP contribution in [0.3, 0.4) is 0 Å². The van der Waals surface area contributed by atoms with Crippen molar-refractivity contribution in [2.24, 2.45) is 20.2 Å². The summed E-state index contributed by atoms with van der Waals surface area (Å²) in [6.07, 6.45) is 2.88. The Morgan fingerprint density at radius 1 is 0.765 bits per heavy atom. The van der Waals surface area contributed by atoms with Crippen LogP contribution in [0, 0.1) is 0 Å². The Labute approximate surface area is 229 Å². The third-order valence-electron chi connectivity index (χ3n) is 3.60. The molecule has 0 atom stereocenters. The molecule has 0 radical (unpaired) electrons. The van der Waals surface area contributed by atoms with E-state index in [1.54, 1.807) is 52.6 Å². The molecule has 0 saturated carbocycles. The van der Waals surface area contributed by atoms with Gasteiger partial charge >= 0.3 is 0 Å². The van der Waals surface area contributed by atoms with E-state index in [1.165, 1.54) is 24.6 Å². The van der Waals surface area contributed by atoms with Gasteiger partial charge in [0.1, 0.15) is 23.0 Å². The van der Waals surface area contributed by atoms with E-state index in [4.69, 9.17) is 34.7 Å². The summed E-state index contributed by atoms with van der Waals surface area (Å²) in [5, 5.41) is 27.2. The van der Waals surface area contributed by atoms with E-state index in [9.17, 15) is 10.2 Å². The first kappa shape index (κ1) is 33.5. The number of methoxy groups -OCH3 is 2. The van der Waals surface area contributed by atoms with Crippen molar-refractivity contribution in [3.8, 4) is 23.0 Å². The number of benzene rings is 2. The Balaban J connectivity index is 0. The number of phenolic OH excluding ortho intramolecular Hbond substituents is 2. The van der Waals surface area contributed by atoms with Gasteiger partial charge in [0.15, 0.2) is 0 Å². The monoisotopic (exact) mass is 592 g/mol. The molecule has 2 aromatic rings. The van der Waals surface area contributed by atoms with Crippen molar-refractivity contribution in [2.75, 3.05) is 28.3 Å². The Kier molecular flexibility index (Phi) is 18.5. The van der Waals surface area contributed by atoms with Crippen LogP contribution in [0.5, 0.6) is 23.0 Å². The average molecular weight is 594 g/mol. The van der Waals surface area contributed by atoms with E-state index in [1.807, 2.05) is 0 Å². The van der Waals surface area contributed by atoms with Gasteiger partial charge in [-0.2, -0.15) is 10.2 Å². The number of hydrogen-bond acceptors (Lipinski definition) is 10. The Bertz CT molecular complexity index is 928. The minimum Gasteiger partial charge on any atom is -0.741 e. The topological polar surface area (TPSA) is 132 Å². The molecule has 0 heterocycles. The van der Waals surface area contributed by atoms with Gasteiger partial charge in [-0.25, -0.2) is 0 Å². The molecule has 10 nitrogen and oxygen atoms in total. The maximum absolute atomic E-state index is 9.52. The molecule has 0 amide bonds. The maximum atomic E-state index is 9.52. The molecule has 4 N–H and O–H groups in total. The van der Waals surface area contributed by atoms with Crippen molar-refractivity contribution < 1.29 is 52.7 Å². The van der Waals surface area contributed by atoms with Crippen LogP contribution >= 0.6 is 0 Å². The van der Waals surface area contributed by atoms with Crippen LogP contribution in [0.15, 0.2) is 56.6 Å². The van der Waals surface area contributed by atoms with E-state index in [0.29, 0.717) is 22.6 Å². The number of nitrogens with one attached hydrogen (secondary N) is 2. The quantitative estimate of drug-likeness (QED) is 0.131. The average Bonchev–Trinajstić information content (AvgIpc) is 2.81. The maximum Gasteiger partial charge on any atom is 0.124 e. The van der Waals surface area contributed by atoms with Crippen molar-refractivity contribution in [1.82, 2.24) is 10.9 Å². The molecule has 2 aromatic carbocycles. The van der Waals surface area contributed by atoms with Crippen molar-refractivity contribution in [3.05, 3.63) is 47.5 Å². The molecular weight excluding hydrogens is 570 g/mol. The predicted octanol–water partition coefficient (Wildman–Crippen LogP) is 1.71. The zero-order chi connectivity index (χ0) is 23.9. The fourth-order valence-electron chi connectivity index (χ4n) is 1.94. The molecule has 0 saturated heterocycles. The molecular formula is C20H24N6Ni2O4S2-2. The van der Waals surface area contributed by atoms with Gasteiger partial charge in [-0.05, 0) is 46.7 Å². The summed E-state index contributed by atoms with van der Waals surface area (Å²) in [6, 6.07) is 9.70. The summed E-state index contributed by atoms with van der Waals surface area (Å²) in [4.78, 5) is 7.39. The van der Waals surface area contributed by atoms with Gasteiger partial charge in [-0.1, -0.05) is 0 Å². The van der Waals surface area contributed by atoms with Crippen LogP contribution in [0.4, 0.5) is 0 Å². The number of amidine groups is 2. The minimum absolute atomic E-state index is 0. The molecule has 0 aromatic heterocycles. The molecule has 34 heavy (non-hydrogen) atoms. The van der Waals surface area contributed by atoms with E-state index in [2.05, 4.69) is 31.0 Å². The first-order valence-electron chi connectivity index (χ1n) is 8.94. The first-order chi connectivity index (χ1) is 15.3. The van der Waals surface area contributed by atoms with Crippen molar-refractivity contribution in [1.29, 1.82) is 0 Å². The van der Waals surface area contributed by atoms with Gasteiger partial charge < -0.3 is 44.9 Å². The van der Waals surface area contributed by atoms with E-state index in [0.717, 1.165) is 0 Å².